The van der Waals surface area contributed by atoms with Crippen LogP contribution in [0.4, 0.5) is 5.69 Å². The third-order valence-electron chi connectivity index (χ3n) is 2.57. The van der Waals surface area contributed by atoms with E-state index in [0.717, 1.165) is 5.82 Å². The van der Waals surface area contributed by atoms with E-state index in [1.165, 1.54) is 30.0 Å². The highest BCUT2D eigenvalue weighted by molar-refractivity contribution is 7.99. The molecule has 0 amide bonds. The first-order valence-electron chi connectivity index (χ1n) is 5.25. The number of aromatic nitrogens is 3. The molecule has 0 unspecified atom stereocenters. The molecule has 4 N–H and O–H groups in total. The van der Waals surface area contributed by atoms with E-state index in [-0.39, 0.29) is 4.90 Å². The Morgan fingerprint density at radius 2 is 2.00 bits per heavy atom. The van der Waals surface area contributed by atoms with Crippen LogP contribution in [-0.2, 0) is 17.1 Å². The molecule has 0 aliphatic carbocycles. The van der Waals surface area contributed by atoms with E-state index >= 15 is 0 Å². The van der Waals surface area contributed by atoms with E-state index in [0.29, 0.717) is 15.7 Å². The topological polar surface area (TPSA) is 117 Å². The largest absolute Gasteiger partial charge is 0.398 e. The lowest BCUT2D eigenvalue weighted by molar-refractivity contribution is 0.597. The van der Waals surface area contributed by atoms with Gasteiger partial charge in [0.2, 0.25) is 10.0 Å². The summed E-state index contributed by atoms with van der Waals surface area (Å²) in [5.41, 5.74) is 6.28. The molecule has 19 heavy (non-hydrogen) atoms. The van der Waals surface area contributed by atoms with Crippen LogP contribution in [0.5, 0.6) is 0 Å². The minimum Gasteiger partial charge on any atom is -0.398 e. The summed E-state index contributed by atoms with van der Waals surface area (Å²) in [5, 5.41) is 13.6. The molecule has 0 radical (unpaired) electrons. The van der Waals surface area contributed by atoms with Crippen LogP contribution in [0, 0.1) is 6.92 Å². The number of hydrogen-bond donors (Lipinski definition) is 2. The molecule has 0 atom stereocenters. The predicted octanol–water partition coefficient (Wildman–Crippen LogP) is 0.504. The average Bonchev–Trinajstić information content (AvgIpc) is 2.62. The Hall–Kier alpha value is -1.58. The number of nitrogen functional groups attached to an aromatic ring is 1. The number of hydrogen-bond acceptors (Lipinski definition) is 6. The Bertz CT molecular complexity index is 724. The smallest absolute Gasteiger partial charge is 0.238 e. The zero-order chi connectivity index (χ0) is 14.2. The van der Waals surface area contributed by atoms with Crippen molar-refractivity contribution in [1.29, 1.82) is 0 Å². The van der Waals surface area contributed by atoms with Gasteiger partial charge in [-0.25, -0.2) is 13.6 Å². The van der Waals surface area contributed by atoms with E-state index in [4.69, 9.17) is 10.9 Å². The second kappa shape index (κ2) is 4.83. The first kappa shape index (κ1) is 13.8. The molecule has 9 heteroatoms. The highest BCUT2D eigenvalue weighted by Crippen LogP contribution is 2.32. The molecule has 1 aromatic heterocycles. The summed E-state index contributed by atoms with van der Waals surface area (Å²) in [6.07, 6.45) is 0. The number of rotatable bonds is 3. The number of aryl methyl sites for hydroxylation is 1. The van der Waals surface area contributed by atoms with Gasteiger partial charge in [0.1, 0.15) is 5.82 Å². The normalized spacial score (nSPS) is 11.7. The van der Waals surface area contributed by atoms with Gasteiger partial charge < -0.3 is 10.3 Å². The fourth-order valence-electron chi connectivity index (χ4n) is 1.35. The molecule has 0 saturated heterocycles. The monoisotopic (exact) mass is 299 g/mol. The van der Waals surface area contributed by atoms with Crippen molar-refractivity contribution in [1.82, 2.24) is 14.8 Å². The summed E-state index contributed by atoms with van der Waals surface area (Å²) >= 11 is 1.24. The SMILES string of the molecule is Cc1nnc(Sc2cc(S(N)(=O)=O)ccc2N)n1C. The molecule has 0 aliphatic heterocycles. The van der Waals surface area contributed by atoms with Gasteiger partial charge in [0.05, 0.1) is 4.90 Å². The van der Waals surface area contributed by atoms with Gasteiger partial charge in [0, 0.05) is 17.6 Å². The van der Waals surface area contributed by atoms with Gasteiger partial charge in [-0.05, 0) is 36.9 Å². The fraction of sp³-hybridized carbons (Fsp3) is 0.200. The number of anilines is 1. The van der Waals surface area contributed by atoms with Crippen LogP contribution in [0.3, 0.4) is 0 Å². The van der Waals surface area contributed by atoms with Crippen LogP contribution in [0.2, 0.25) is 0 Å². The molecule has 1 aromatic carbocycles. The highest BCUT2D eigenvalue weighted by atomic mass is 32.2. The van der Waals surface area contributed by atoms with Crippen LogP contribution in [0.25, 0.3) is 0 Å². The molecule has 7 nitrogen and oxygen atoms in total. The molecule has 0 bridgehead atoms. The van der Waals surface area contributed by atoms with Crippen molar-refractivity contribution in [3.05, 3.63) is 24.0 Å². The van der Waals surface area contributed by atoms with Crippen molar-refractivity contribution in [3.8, 4) is 0 Å². The van der Waals surface area contributed by atoms with Crippen LogP contribution in [0.1, 0.15) is 5.82 Å². The summed E-state index contributed by atoms with van der Waals surface area (Å²) in [6, 6.07) is 4.31. The van der Waals surface area contributed by atoms with E-state index in [2.05, 4.69) is 10.2 Å². The molecule has 0 spiro atoms. The highest BCUT2D eigenvalue weighted by Gasteiger charge is 2.13. The molecule has 0 fully saturated rings. The van der Waals surface area contributed by atoms with Crippen molar-refractivity contribution in [2.24, 2.45) is 12.2 Å². The number of sulfonamides is 1. The lowest BCUT2D eigenvalue weighted by Gasteiger charge is -2.07. The van der Waals surface area contributed by atoms with E-state index in [1.807, 2.05) is 14.0 Å². The van der Waals surface area contributed by atoms with Crippen molar-refractivity contribution < 1.29 is 8.42 Å². The summed E-state index contributed by atoms with van der Waals surface area (Å²) in [6.45, 7) is 1.82. The number of nitrogens with zero attached hydrogens (tertiary/aromatic N) is 3. The lowest BCUT2D eigenvalue weighted by Crippen LogP contribution is -2.12. The molecular weight excluding hydrogens is 286 g/mol. The second-order valence-electron chi connectivity index (χ2n) is 3.94. The summed E-state index contributed by atoms with van der Waals surface area (Å²) in [4.78, 5) is 0.588. The van der Waals surface area contributed by atoms with Gasteiger partial charge >= 0.3 is 0 Å². The Kier molecular flexibility index (Phi) is 3.52. The summed E-state index contributed by atoms with van der Waals surface area (Å²) in [7, 11) is -1.93. The molecule has 102 valence electrons. The van der Waals surface area contributed by atoms with Crippen LogP contribution in [0.15, 0.2) is 33.1 Å². The standard InChI is InChI=1S/C10H13N5O2S2/c1-6-13-14-10(15(6)2)18-9-5-7(19(12,16)17)3-4-8(9)11/h3-5H,11H2,1-2H3,(H2,12,16,17). The molecule has 1 heterocycles. The average molecular weight is 299 g/mol. The Balaban J connectivity index is 2.43. The van der Waals surface area contributed by atoms with Gasteiger partial charge in [-0.2, -0.15) is 0 Å². The van der Waals surface area contributed by atoms with Crippen molar-refractivity contribution in [2.75, 3.05) is 5.73 Å². The Morgan fingerprint density at radius 3 is 2.53 bits per heavy atom. The minimum absolute atomic E-state index is 0.0168. The molecule has 2 rings (SSSR count). The summed E-state index contributed by atoms with van der Waals surface area (Å²) in [5.74, 6) is 0.753. The zero-order valence-corrected chi connectivity index (χ0v) is 12.0. The lowest BCUT2D eigenvalue weighted by atomic mass is 10.3. The first-order valence-corrected chi connectivity index (χ1v) is 7.61. The molecular formula is C10H13N5O2S2. The van der Waals surface area contributed by atoms with Gasteiger partial charge in [-0.1, -0.05) is 0 Å². The number of nitrogens with two attached hydrogens (primary N) is 2. The van der Waals surface area contributed by atoms with Crippen LogP contribution < -0.4 is 10.9 Å². The van der Waals surface area contributed by atoms with Crippen LogP contribution >= 0.6 is 11.8 Å². The summed E-state index contributed by atoms with van der Waals surface area (Å²) < 4.78 is 24.4. The first-order chi connectivity index (χ1) is 8.79. The van der Waals surface area contributed by atoms with Crippen molar-refractivity contribution in [3.63, 3.8) is 0 Å². The third kappa shape index (κ3) is 2.88. The predicted molar refractivity (Wildman–Crippen MR) is 72.1 cm³/mol. The van der Waals surface area contributed by atoms with Crippen LogP contribution in [-0.4, -0.2) is 23.2 Å². The number of benzene rings is 1. The Labute approximate surface area is 115 Å². The molecule has 0 aliphatic rings. The third-order valence-corrected chi connectivity index (χ3v) is 4.59. The second-order valence-corrected chi connectivity index (χ2v) is 6.51. The zero-order valence-electron chi connectivity index (χ0n) is 10.4. The van der Waals surface area contributed by atoms with Gasteiger partial charge in [-0.15, -0.1) is 10.2 Å². The van der Waals surface area contributed by atoms with Crippen molar-refractivity contribution in [2.45, 2.75) is 21.9 Å². The number of primary sulfonamides is 1. The quantitative estimate of drug-likeness (QED) is 0.797. The Morgan fingerprint density at radius 1 is 1.32 bits per heavy atom. The van der Waals surface area contributed by atoms with Crippen molar-refractivity contribution >= 4 is 27.5 Å². The maximum absolute atomic E-state index is 11.3. The van der Waals surface area contributed by atoms with E-state index in [1.54, 1.807) is 4.57 Å². The van der Waals surface area contributed by atoms with E-state index in [9.17, 15) is 8.42 Å². The minimum atomic E-state index is -3.75. The maximum Gasteiger partial charge on any atom is 0.238 e. The van der Waals surface area contributed by atoms with E-state index < -0.39 is 10.0 Å². The maximum atomic E-state index is 11.3. The molecule has 0 saturated carbocycles. The van der Waals surface area contributed by atoms with Gasteiger partial charge in [0.25, 0.3) is 0 Å². The molecule has 2 aromatic rings. The fourth-order valence-corrected chi connectivity index (χ4v) is 2.89. The van der Waals surface area contributed by atoms with Gasteiger partial charge in [0.15, 0.2) is 5.16 Å². The van der Waals surface area contributed by atoms with Gasteiger partial charge in [-0.3, -0.25) is 0 Å².